The Balaban J connectivity index is 1.52. The Hall–Kier alpha value is -2.89. The molecule has 0 spiro atoms. The molecular weight excluding hydrogens is 479 g/mol. The van der Waals surface area contributed by atoms with Crippen molar-refractivity contribution < 1.29 is 21.6 Å². The summed E-state index contributed by atoms with van der Waals surface area (Å²) in [6.45, 7) is 0. The number of halogens is 3. The fourth-order valence-corrected chi connectivity index (χ4v) is 6.85. The lowest BCUT2D eigenvalue weighted by Crippen LogP contribution is -2.11. The summed E-state index contributed by atoms with van der Waals surface area (Å²) in [5.41, 5.74) is 1.75. The van der Waals surface area contributed by atoms with E-state index < -0.39 is 21.9 Å². The lowest BCUT2D eigenvalue weighted by molar-refractivity contribution is -0.143. The maximum atomic E-state index is 13.3. The summed E-state index contributed by atoms with van der Waals surface area (Å²) in [7, 11) is -2.73. The minimum atomic E-state index is -4.54. The van der Waals surface area contributed by atoms with E-state index in [4.69, 9.17) is 0 Å². The van der Waals surface area contributed by atoms with Gasteiger partial charge in [-0.3, -0.25) is 4.68 Å². The minimum Gasteiger partial charge on any atom is -0.263 e. The van der Waals surface area contributed by atoms with E-state index in [2.05, 4.69) is 5.10 Å². The monoisotopic (exact) mass is 493 g/mol. The molecule has 0 N–H and O–H groups in total. The molecule has 5 aromatic rings. The van der Waals surface area contributed by atoms with Gasteiger partial charge in [0.1, 0.15) is 15.6 Å². The normalized spacial score (nSPS) is 12.6. The van der Waals surface area contributed by atoms with Crippen LogP contribution in [0.3, 0.4) is 0 Å². The highest BCUT2D eigenvalue weighted by Gasteiger charge is 2.35. The van der Waals surface area contributed by atoms with E-state index in [1.807, 2.05) is 29.0 Å². The SMILES string of the molecule is Cn1nc(-c2ccc(S(=O)(=O)n3ccc4cc(-c5ccsc5)ccc43)s2)cc1C(F)(F)F. The number of hydrogen-bond acceptors (Lipinski definition) is 5. The van der Waals surface area contributed by atoms with Gasteiger partial charge in [0.2, 0.25) is 0 Å². The molecule has 32 heavy (non-hydrogen) atoms. The molecular formula is C21H14F3N3O2S3. The van der Waals surface area contributed by atoms with Gasteiger partial charge in [-0.25, -0.2) is 3.97 Å². The number of fused-ring (bicyclic) bond motifs is 1. The van der Waals surface area contributed by atoms with E-state index >= 15 is 0 Å². The van der Waals surface area contributed by atoms with Gasteiger partial charge in [-0.15, -0.1) is 11.3 Å². The highest BCUT2D eigenvalue weighted by molar-refractivity contribution is 7.92. The number of thiophene rings is 2. The van der Waals surface area contributed by atoms with Crippen LogP contribution >= 0.6 is 22.7 Å². The van der Waals surface area contributed by atoms with E-state index in [0.29, 0.717) is 10.4 Å². The second-order valence-corrected chi connectivity index (χ2v) is 11.0. The van der Waals surface area contributed by atoms with Crippen LogP contribution in [-0.4, -0.2) is 22.2 Å². The summed E-state index contributed by atoms with van der Waals surface area (Å²) >= 11 is 2.46. The predicted molar refractivity (Wildman–Crippen MR) is 119 cm³/mol. The third kappa shape index (κ3) is 3.46. The van der Waals surface area contributed by atoms with Crippen LogP contribution in [0.2, 0.25) is 0 Å². The first kappa shape index (κ1) is 21.0. The number of nitrogens with zero attached hydrogens (tertiary/aromatic N) is 3. The second kappa shape index (κ2) is 7.32. The van der Waals surface area contributed by atoms with Crippen molar-refractivity contribution in [2.45, 2.75) is 10.4 Å². The smallest absolute Gasteiger partial charge is 0.263 e. The van der Waals surface area contributed by atoms with Gasteiger partial charge in [-0.2, -0.15) is 38.0 Å². The summed E-state index contributed by atoms with van der Waals surface area (Å²) < 4.78 is 67.7. The van der Waals surface area contributed by atoms with E-state index in [0.717, 1.165) is 38.6 Å². The lowest BCUT2D eigenvalue weighted by Gasteiger charge is -2.06. The zero-order chi connectivity index (χ0) is 22.7. The predicted octanol–water partition coefficient (Wildman–Crippen LogP) is 6.09. The van der Waals surface area contributed by atoms with Crippen molar-refractivity contribution in [3.8, 4) is 21.7 Å². The standard InChI is InChI=1S/C21H14F3N3O2S3/c1-26-19(21(22,23)24)11-16(25-26)18-4-5-20(31-18)32(28,29)27-8-6-14-10-13(2-3-17(14)27)15-7-9-30-12-15/h2-12H,1H3. The first-order chi connectivity index (χ1) is 15.1. The molecule has 11 heteroatoms. The molecule has 0 fully saturated rings. The number of hydrogen-bond donors (Lipinski definition) is 0. The molecule has 0 atom stereocenters. The zero-order valence-electron chi connectivity index (χ0n) is 16.4. The first-order valence-corrected chi connectivity index (χ1v) is 12.5. The van der Waals surface area contributed by atoms with Crippen LogP contribution < -0.4 is 0 Å². The van der Waals surface area contributed by atoms with Crippen LogP contribution in [0.4, 0.5) is 13.2 Å². The van der Waals surface area contributed by atoms with Crippen molar-refractivity contribution >= 4 is 43.6 Å². The number of benzene rings is 1. The van der Waals surface area contributed by atoms with Crippen molar-refractivity contribution in [1.82, 2.24) is 13.8 Å². The van der Waals surface area contributed by atoms with E-state index in [-0.39, 0.29) is 9.90 Å². The quantitative estimate of drug-likeness (QED) is 0.305. The molecule has 0 radical (unpaired) electrons. The topological polar surface area (TPSA) is 56.9 Å². The Labute approximate surface area is 189 Å². The molecule has 0 saturated heterocycles. The van der Waals surface area contributed by atoms with Gasteiger partial charge in [0.15, 0.2) is 0 Å². The van der Waals surface area contributed by atoms with E-state index in [1.54, 1.807) is 23.5 Å². The van der Waals surface area contributed by atoms with Crippen molar-refractivity contribution in [3.63, 3.8) is 0 Å². The van der Waals surface area contributed by atoms with Crippen LogP contribution in [-0.2, 0) is 23.2 Å². The molecule has 164 valence electrons. The maximum absolute atomic E-state index is 13.3. The molecule has 0 aliphatic heterocycles. The largest absolute Gasteiger partial charge is 0.433 e. The highest BCUT2D eigenvalue weighted by Crippen LogP contribution is 2.36. The van der Waals surface area contributed by atoms with Gasteiger partial charge in [0.25, 0.3) is 10.0 Å². The first-order valence-electron chi connectivity index (χ1n) is 9.25. The molecule has 0 saturated carbocycles. The second-order valence-electron chi connectivity index (χ2n) is 7.06. The molecule has 1 aromatic carbocycles. The Morgan fingerprint density at radius 2 is 1.81 bits per heavy atom. The van der Waals surface area contributed by atoms with Crippen molar-refractivity contribution in [1.29, 1.82) is 0 Å². The van der Waals surface area contributed by atoms with Crippen LogP contribution in [0, 0.1) is 0 Å². The van der Waals surface area contributed by atoms with Gasteiger partial charge in [-0.05, 0) is 64.4 Å². The summed E-state index contributed by atoms with van der Waals surface area (Å²) in [5, 5.41) is 8.66. The molecule has 5 rings (SSSR count). The van der Waals surface area contributed by atoms with Crippen LogP contribution in [0.1, 0.15) is 5.69 Å². The Kier molecular flexibility index (Phi) is 4.80. The van der Waals surface area contributed by atoms with Crippen LogP contribution in [0.15, 0.2) is 69.7 Å². The van der Waals surface area contributed by atoms with Gasteiger partial charge in [0, 0.05) is 18.6 Å². The summed E-state index contributed by atoms with van der Waals surface area (Å²) in [5.74, 6) is 0. The van der Waals surface area contributed by atoms with E-state index in [1.165, 1.54) is 29.3 Å². The molecule has 0 unspecified atom stereocenters. The molecule has 0 bridgehead atoms. The molecule has 4 heterocycles. The summed E-state index contributed by atoms with van der Waals surface area (Å²) in [6, 6.07) is 13.0. The Bertz CT molecular complexity index is 1540. The van der Waals surface area contributed by atoms with Crippen molar-refractivity contribution in [3.05, 3.63) is 71.2 Å². The van der Waals surface area contributed by atoms with Crippen LogP contribution in [0.5, 0.6) is 0 Å². The van der Waals surface area contributed by atoms with Crippen molar-refractivity contribution in [2.75, 3.05) is 0 Å². The number of rotatable bonds is 4. The Morgan fingerprint density at radius 1 is 1.00 bits per heavy atom. The van der Waals surface area contributed by atoms with Gasteiger partial charge >= 0.3 is 6.18 Å². The summed E-state index contributed by atoms with van der Waals surface area (Å²) in [4.78, 5) is 0.339. The average molecular weight is 494 g/mol. The minimum absolute atomic E-state index is 0.0196. The third-order valence-electron chi connectivity index (χ3n) is 5.03. The highest BCUT2D eigenvalue weighted by atomic mass is 32.2. The molecule has 4 aromatic heterocycles. The Morgan fingerprint density at radius 3 is 2.50 bits per heavy atom. The van der Waals surface area contributed by atoms with Gasteiger partial charge in [0.05, 0.1) is 10.4 Å². The number of aromatic nitrogens is 3. The summed E-state index contributed by atoms with van der Waals surface area (Å²) in [6.07, 6.45) is -3.06. The van der Waals surface area contributed by atoms with Gasteiger partial charge in [-0.1, -0.05) is 6.07 Å². The molecule has 0 amide bonds. The molecule has 0 aliphatic carbocycles. The van der Waals surface area contributed by atoms with Crippen LogP contribution in [0.25, 0.3) is 32.6 Å². The fraction of sp³-hybridized carbons (Fsp3) is 0.0952. The van der Waals surface area contributed by atoms with Crippen molar-refractivity contribution in [2.24, 2.45) is 7.05 Å². The fourth-order valence-electron chi connectivity index (χ4n) is 3.48. The van der Waals surface area contributed by atoms with Gasteiger partial charge < -0.3 is 0 Å². The number of alkyl halides is 3. The zero-order valence-corrected chi connectivity index (χ0v) is 18.8. The lowest BCUT2D eigenvalue weighted by atomic mass is 10.1. The average Bonchev–Trinajstić information content (AvgIpc) is 3.51. The molecule has 0 aliphatic rings. The molecule has 5 nitrogen and oxygen atoms in total. The maximum Gasteiger partial charge on any atom is 0.433 e. The number of aryl methyl sites for hydroxylation is 1. The van der Waals surface area contributed by atoms with E-state index in [9.17, 15) is 21.6 Å². The third-order valence-corrected chi connectivity index (χ3v) is 8.97.